The standard InChI is InChI=1S/C11H7Cl3O4.Cu/c1-2-10(15)18-11(16)5-17-9-4-7(13)6(12)3-8(9)14;/h2-4H,1,5H2;. The molecule has 1 radical (unpaired) electrons. The molecule has 0 heterocycles. The molecule has 0 aliphatic rings. The fraction of sp³-hybridized carbons (Fsp3) is 0.0909. The predicted octanol–water partition coefficient (Wildman–Crippen LogP) is 3.28. The van der Waals surface area contributed by atoms with E-state index in [4.69, 9.17) is 39.5 Å². The molecule has 4 nitrogen and oxygen atoms in total. The molecule has 0 amide bonds. The fourth-order valence-corrected chi connectivity index (χ4v) is 1.53. The molecule has 0 atom stereocenters. The summed E-state index contributed by atoms with van der Waals surface area (Å²) in [5, 5.41) is 0.678. The molecule has 0 aliphatic carbocycles. The van der Waals surface area contributed by atoms with Gasteiger partial charge in [-0.3, -0.25) is 0 Å². The second kappa shape index (κ2) is 8.46. The van der Waals surface area contributed by atoms with Crippen molar-refractivity contribution in [3.63, 3.8) is 0 Å². The van der Waals surface area contributed by atoms with Crippen LogP contribution in [0.4, 0.5) is 0 Å². The van der Waals surface area contributed by atoms with Gasteiger partial charge in [0.1, 0.15) is 5.75 Å². The van der Waals surface area contributed by atoms with Gasteiger partial charge in [-0.1, -0.05) is 41.4 Å². The van der Waals surface area contributed by atoms with Crippen LogP contribution < -0.4 is 4.74 Å². The van der Waals surface area contributed by atoms with E-state index in [1.165, 1.54) is 12.1 Å². The van der Waals surface area contributed by atoms with Gasteiger partial charge < -0.3 is 9.47 Å². The van der Waals surface area contributed by atoms with Crippen molar-refractivity contribution in [1.82, 2.24) is 0 Å². The number of hydrogen-bond donors (Lipinski definition) is 0. The maximum absolute atomic E-state index is 11.1. The maximum atomic E-state index is 11.1. The smallest absolute Gasteiger partial charge is 0.352 e. The van der Waals surface area contributed by atoms with Gasteiger partial charge in [0.25, 0.3) is 0 Å². The van der Waals surface area contributed by atoms with Gasteiger partial charge in [0.15, 0.2) is 6.61 Å². The molecule has 0 N–H and O–H groups in total. The SMILES string of the molecule is C=CC(=O)OC(=O)COc1cc(Cl)c(Cl)cc1Cl.[Cu]. The molecule has 0 unspecified atom stereocenters. The summed E-state index contributed by atoms with van der Waals surface area (Å²) in [7, 11) is 0. The van der Waals surface area contributed by atoms with Crippen LogP contribution in [0.25, 0.3) is 0 Å². The molecule has 0 aromatic heterocycles. The monoisotopic (exact) mass is 371 g/mol. The molecule has 8 heteroatoms. The van der Waals surface area contributed by atoms with E-state index in [-0.39, 0.29) is 37.9 Å². The number of rotatable bonds is 4. The number of halogens is 3. The number of carbonyl (C=O) groups is 2. The second-order valence-electron chi connectivity index (χ2n) is 2.98. The third-order valence-electron chi connectivity index (χ3n) is 1.70. The van der Waals surface area contributed by atoms with Crippen LogP contribution in [0.2, 0.25) is 15.1 Å². The molecule has 1 aromatic carbocycles. The molecular weight excluding hydrogens is 366 g/mol. The zero-order chi connectivity index (χ0) is 13.7. The van der Waals surface area contributed by atoms with Crippen LogP contribution in [-0.2, 0) is 31.4 Å². The van der Waals surface area contributed by atoms with Crippen molar-refractivity contribution >= 4 is 46.7 Å². The molecule has 0 saturated carbocycles. The van der Waals surface area contributed by atoms with E-state index in [2.05, 4.69) is 11.3 Å². The van der Waals surface area contributed by atoms with Crippen LogP contribution in [0.3, 0.4) is 0 Å². The summed E-state index contributed by atoms with van der Waals surface area (Å²) < 4.78 is 9.34. The first kappa shape index (κ1) is 18.3. The van der Waals surface area contributed by atoms with E-state index in [0.29, 0.717) is 0 Å². The van der Waals surface area contributed by atoms with Gasteiger partial charge in [0, 0.05) is 29.2 Å². The van der Waals surface area contributed by atoms with Gasteiger partial charge in [-0.15, -0.1) is 0 Å². The Labute approximate surface area is 135 Å². The third-order valence-corrected chi connectivity index (χ3v) is 2.72. The minimum absolute atomic E-state index is 0. The zero-order valence-electron chi connectivity index (χ0n) is 9.21. The molecule has 1 rings (SSSR count). The van der Waals surface area contributed by atoms with Crippen molar-refractivity contribution in [3.8, 4) is 5.75 Å². The molecule has 1 aromatic rings. The molecule has 107 valence electrons. The molecule has 0 spiro atoms. The predicted molar refractivity (Wildman–Crippen MR) is 68.3 cm³/mol. The summed E-state index contributed by atoms with van der Waals surface area (Å²) in [6.07, 6.45) is 0.865. The van der Waals surface area contributed by atoms with Crippen molar-refractivity contribution in [2.24, 2.45) is 0 Å². The van der Waals surface area contributed by atoms with E-state index < -0.39 is 18.5 Å². The molecule has 0 bridgehead atoms. The summed E-state index contributed by atoms with van der Waals surface area (Å²) in [4.78, 5) is 21.8. The van der Waals surface area contributed by atoms with Crippen LogP contribution in [0, 0.1) is 0 Å². The molecule has 0 saturated heterocycles. The van der Waals surface area contributed by atoms with Gasteiger partial charge in [-0.2, -0.15) is 0 Å². The van der Waals surface area contributed by atoms with Gasteiger partial charge >= 0.3 is 11.9 Å². The second-order valence-corrected chi connectivity index (χ2v) is 4.20. The number of benzene rings is 1. The normalized spacial score (nSPS) is 9.21. The van der Waals surface area contributed by atoms with E-state index >= 15 is 0 Å². The molecule has 19 heavy (non-hydrogen) atoms. The van der Waals surface area contributed by atoms with E-state index in [1.807, 2.05) is 0 Å². The third kappa shape index (κ3) is 5.85. The van der Waals surface area contributed by atoms with Gasteiger partial charge in [-0.25, -0.2) is 9.59 Å². The topological polar surface area (TPSA) is 52.6 Å². The van der Waals surface area contributed by atoms with Gasteiger partial charge in [0.05, 0.1) is 15.1 Å². The molecule has 0 aliphatic heterocycles. The first-order chi connectivity index (χ1) is 8.43. The Morgan fingerprint density at radius 3 is 2.32 bits per heavy atom. The Balaban J connectivity index is 0.00000324. The van der Waals surface area contributed by atoms with Gasteiger partial charge in [-0.05, 0) is 6.07 Å². The quantitative estimate of drug-likeness (QED) is 0.267. The minimum atomic E-state index is -0.873. The van der Waals surface area contributed by atoms with Crippen molar-refractivity contribution in [1.29, 1.82) is 0 Å². The molecule has 0 fully saturated rings. The maximum Gasteiger partial charge on any atom is 0.352 e. The fourth-order valence-electron chi connectivity index (χ4n) is 0.935. The van der Waals surface area contributed by atoms with E-state index in [0.717, 1.165) is 6.08 Å². The summed E-state index contributed by atoms with van der Waals surface area (Å²) in [5.74, 6) is -1.57. The largest absolute Gasteiger partial charge is 0.480 e. The van der Waals surface area contributed by atoms with Crippen LogP contribution >= 0.6 is 34.8 Å². The summed E-state index contributed by atoms with van der Waals surface area (Å²) >= 11 is 17.3. The van der Waals surface area contributed by atoms with E-state index in [1.54, 1.807) is 0 Å². The van der Waals surface area contributed by atoms with Crippen LogP contribution in [0.1, 0.15) is 0 Å². The first-order valence-electron chi connectivity index (χ1n) is 4.58. The summed E-state index contributed by atoms with van der Waals surface area (Å²) in [5.41, 5.74) is 0. The Morgan fingerprint density at radius 2 is 1.74 bits per heavy atom. The number of hydrogen-bond acceptors (Lipinski definition) is 4. The van der Waals surface area contributed by atoms with Crippen molar-refractivity contribution in [3.05, 3.63) is 39.9 Å². The van der Waals surface area contributed by atoms with Crippen LogP contribution in [0.15, 0.2) is 24.8 Å². The van der Waals surface area contributed by atoms with Crippen LogP contribution in [0.5, 0.6) is 5.75 Å². The number of carbonyl (C=O) groups excluding carboxylic acids is 2. The zero-order valence-corrected chi connectivity index (χ0v) is 12.4. The Bertz CT molecular complexity index is 505. The van der Waals surface area contributed by atoms with Gasteiger partial charge in [0.2, 0.25) is 0 Å². The number of esters is 2. The average Bonchev–Trinajstić information content (AvgIpc) is 2.32. The van der Waals surface area contributed by atoms with Crippen molar-refractivity contribution in [2.45, 2.75) is 0 Å². The Kier molecular flexibility index (Phi) is 8.14. The van der Waals surface area contributed by atoms with Crippen molar-refractivity contribution < 1.29 is 36.1 Å². The molecular formula is C11H7Cl3CuO4. The number of ether oxygens (including phenoxy) is 2. The summed E-state index contributed by atoms with van der Waals surface area (Å²) in [6, 6.07) is 2.73. The first-order valence-corrected chi connectivity index (χ1v) is 5.72. The van der Waals surface area contributed by atoms with Crippen LogP contribution in [-0.4, -0.2) is 18.5 Å². The van der Waals surface area contributed by atoms with Crippen molar-refractivity contribution in [2.75, 3.05) is 6.61 Å². The van der Waals surface area contributed by atoms with E-state index in [9.17, 15) is 9.59 Å². The average molecular weight is 373 g/mol. The Hall–Kier alpha value is -0.711. The Morgan fingerprint density at radius 1 is 1.16 bits per heavy atom. The minimum Gasteiger partial charge on any atom is -0.480 e. The summed E-state index contributed by atoms with van der Waals surface area (Å²) in [6.45, 7) is 2.66.